The van der Waals surface area contributed by atoms with E-state index >= 15 is 0 Å². The molecule has 0 aromatic heterocycles. The number of amides is 1. The fraction of sp³-hybridized carbons (Fsp3) is 0.917. The van der Waals surface area contributed by atoms with Crippen LogP contribution in [0.1, 0.15) is 26.2 Å². The van der Waals surface area contributed by atoms with Gasteiger partial charge in [0.15, 0.2) is 9.84 Å². The van der Waals surface area contributed by atoms with Crippen LogP contribution in [-0.4, -0.2) is 56.9 Å². The van der Waals surface area contributed by atoms with Crippen LogP contribution >= 0.6 is 0 Å². The third-order valence-corrected chi connectivity index (χ3v) is 5.87. The minimum absolute atomic E-state index is 0.101. The van der Waals surface area contributed by atoms with Crippen molar-refractivity contribution in [3.05, 3.63) is 0 Å². The molecule has 0 aromatic carbocycles. The Kier molecular flexibility index (Phi) is 3.96. The van der Waals surface area contributed by atoms with Gasteiger partial charge in [-0.15, -0.1) is 0 Å². The van der Waals surface area contributed by atoms with Gasteiger partial charge in [0.1, 0.15) is 0 Å². The van der Waals surface area contributed by atoms with Gasteiger partial charge in [-0.3, -0.25) is 4.79 Å². The SMILES string of the molecule is CCS(=O)(=O)CCN1CC2(CCNCC2)CC1=O. The van der Waals surface area contributed by atoms with Crippen LogP contribution in [0.4, 0.5) is 0 Å². The van der Waals surface area contributed by atoms with Crippen molar-refractivity contribution in [3.8, 4) is 0 Å². The predicted molar refractivity (Wildman–Crippen MR) is 70.1 cm³/mol. The Morgan fingerprint density at radius 3 is 2.61 bits per heavy atom. The highest BCUT2D eigenvalue weighted by atomic mass is 32.2. The van der Waals surface area contributed by atoms with Crippen LogP contribution in [0.2, 0.25) is 0 Å². The molecule has 2 saturated heterocycles. The van der Waals surface area contributed by atoms with E-state index in [-0.39, 0.29) is 22.8 Å². The summed E-state index contributed by atoms with van der Waals surface area (Å²) >= 11 is 0. The number of carbonyl (C=O) groups excluding carboxylic acids is 1. The molecule has 18 heavy (non-hydrogen) atoms. The maximum Gasteiger partial charge on any atom is 0.223 e. The number of sulfone groups is 1. The Labute approximate surface area is 109 Å². The second-order valence-electron chi connectivity index (χ2n) is 5.48. The number of nitrogens with zero attached hydrogens (tertiary/aromatic N) is 1. The molecule has 2 heterocycles. The molecule has 6 heteroatoms. The van der Waals surface area contributed by atoms with Gasteiger partial charge in [-0.05, 0) is 31.3 Å². The first kappa shape index (κ1) is 13.8. The van der Waals surface area contributed by atoms with E-state index in [4.69, 9.17) is 0 Å². The van der Waals surface area contributed by atoms with Gasteiger partial charge in [0, 0.05) is 25.3 Å². The van der Waals surface area contributed by atoms with Gasteiger partial charge in [0.25, 0.3) is 0 Å². The van der Waals surface area contributed by atoms with Crippen LogP contribution in [0, 0.1) is 5.41 Å². The van der Waals surface area contributed by atoms with Gasteiger partial charge in [0.2, 0.25) is 5.91 Å². The molecule has 1 amide bonds. The standard InChI is InChI=1S/C12H22N2O3S/c1-2-18(16,17)8-7-14-10-12(9-11(14)15)3-5-13-6-4-12/h13H,2-10H2,1H3. The molecule has 1 N–H and O–H groups in total. The molecule has 0 aromatic rings. The fourth-order valence-corrected chi connectivity index (χ4v) is 3.66. The maximum absolute atomic E-state index is 12.0. The molecule has 0 bridgehead atoms. The number of hydrogen-bond acceptors (Lipinski definition) is 4. The number of rotatable bonds is 4. The summed E-state index contributed by atoms with van der Waals surface area (Å²) in [5.74, 6) is 0.386. The highest BCUT2D eigenvalue weighted by molar-refractivity contribution is 7.91. The minimum atomic E-state index is -2.98. The number of likely N-dealkylation sites (tertiary alicyclic amines) is 1. The van der Waals surface area contributed by atoms with Crippen molar-refractivity contribution in [1.82, 2.24) is 10.2 Å². The quantitative estimate of drug-likeness (QED) is 0.785. The van der Waals surface area contributed by atoms with Crippen molar-refractivity contribution in [2.45, 2.75) is 26.2 Å². The predicted octanol–water partition coefficient (Wildman–Crippen LogP) is 0.0232. The van der Waals surface area contributed by atoms with Crippen molar-refractivity contribution >= 4 is 15.7 Å². The molecule has 2 aliphatic heterocycles. The van der Waals surface area contributed by atoms with Crippen LogP contribution in [-0.2, 0) is 14.6 Å². The van der Waals surface area contributed by atoms with Crippen molar-refractivity contribution < 1.29 is 13.2 Å². The molecule has 0 aliphatic carbocycles. The van der Waals surface area contributed by atoms with Crippen molar-refractivity contribution in [3.63, 3.8) is 0 Å². The van der Waals surface area contributed by atoms with Gasteiger partial charge < -0.3 is 10.2 Å². The molecule has 0 radical (unpaired) electrons. The van der Waals surface area contributed by atoms with Crippen LogP contribution in [0.25, 0.3) is 0 Å². The molecular formula is C12H22N2O3S. The lowest BCUT2D eigenvalue weighted by Crippen LogP contribution is -2.39. The zero-order valence-corrected chi connectivity index (χ0v) is 11.8. The van der Waals surface area contributed by atoms with Crippen LogP contribution in [0.3, 0.4) is 0 Å². The van der Waals surface area contributed by atoms with Crippen molar-refractivity contribution in [2.75, 3.05) is 37.7 Å². The average Bonchev–Trinajstić information content (AvgIpc) is 2.64. The lowest BCUT2D eigenvalue weighted by Gasteiger charge is -2.33. The number of carbonyl (C=O) groups is 1. The zero-order chi connectivity index (χ0) is 13.2. The van der Waals surface area contributed by atoms with Crippen LogP contribution < -0.4 is 5.32 Å². The monoisotopic (exact) mass is 274 g/mol. The molecule has 0 unspecified atom stereocenters. The molecule has 1 spiro atoms. The molecule has 2 aliphatic rings. The van der Waals surface area contributed by atoms with E-state index in [1.165, 1.54) is 0 Å². The number of hydrogen-bond donors (Lipinski definition) is 1. The molecule has 5 nitrogen and oxygen atoms in total. The highest BCUT2D eigenvalue weighted by Crippen LogP contribution is 2.39. The minimum Gasteiger partial charge on any atom is -0.341 e. The topological polar surface area (TPSA) is 66.5 Å². The number of piperidine rings is 1. The molecule has 104 valence electrons. The summed E-state index contributed by atoms with van der Waals surface area (Å²) in [5, 5.41) is 3.31. The van der Waals surface area contributed by atoms with Gasteiger partial charge in [-0.2, -0.15) is 0 Å². The first-order valence-corrected chi connectivity index (χ1v) is 8.47. The third kappa shape index (κ3) is 3.03. The molecule has 0 atom stereocenters. The van der Waals surface area contributed by atoms with E-state index in [9.17, 15) is 13.2 Å². The average molecular weight is 274 g/mol. The Morgan fingerprint density at radius 1 is 1.33 bits per heavy atom. The fourth-order valence-electron chi connectivity index (χ4n) is 2.87. The van der Waals surface area contributed by atoms with Crippen LogP contribution in [0.15, 0.2) is 0 Å². The summed E-state index contributed by atoms with van der Waals surface area (Å²) in [6.45, 7) is 4.69. The van der Waals surface area contributed by atoms with Gasteiger partial charge in [-0.1, -0.05) is 6.92 Å². The Hall–Kier alpha value is -0.620. The Balaban J connectivity index is 1.93. The largest absolute Gasteiger partial charge is 0.341 e. The second-order valence-corrected chi connectivity index (χ2v) is 7.95. The van der Waals surface area contributed by atoms with E-state index < -0.39 is 9.84 Å². The summed E-state index contributed by atoms with van der Waals surface area (Å²) in [6, 6.07) is 0. The van der Waals surface area contributed by atoms with Gasteiger partial charge >= 0.3 is 0 Å². The second kappa shape index (κ2) is 5.17. The summed E-state index contributed by atoms with van der Waals surface area (Å²) in [6.07, 6.45) is 2.65. The molecular weight excluding hydrogens is 252 g/mol. The van der Waals surface area contributed by atoms with Crippen molar-refractivity contribution in [2.24, 2.45) is 5.41 Å². The highest BCUT2D eigenvalue weighted by Gasteiger charge is 2.43. The van der Waals surface area contributed by atoms with Crippen LogP contribution in [0.5, 0.6) is 0 Å². The molecule has 2 rings (SSSR count). The van der Waals surface area contributed by atoms with E-state index in [1.54, 1.807) is 11.8 Å². The summed E-state index contributed by atoms with van der Waals surface area (Å²) in [4.78, 5) is 13.7. The zero-order valence-electron chi connectivity index (χ0n) is 10.9. The van der Waals surface area contributed by atoms with E-state index in [0.717, 1.165) is 32.5 Å². The van der Waals surface area contributed by atoms with E-state index in [0.29, 0.717) is 13.0 Å². The first-order chi connectivity index (χ1) is 8.46. The Bertz CT molecular complexity index is 413. The first-order valence-electron chi connectivity index (χ1n) is 6.65. The van der Waals surface area contributed by atoms with Crippen molar-refractivity contribution in [1.29, 1.82) is 0 Å². The maximum atomic E-state index is 12.0. The summed E-state index contributed by atoms with van der Waals surface area (Å²) in [7, 11) is -2.98. The Morgan fingerprint density at radius 2 is 2.00 bits per heavy atom. The van der Waals surface area contributed by atoms with E-state index in [2.05, 4.69) is 5.32 Å². The summed E-state index contributed by atoms with van der Waals surface area (Å²) in [5.41, 5.74) is 0.109. The lowest BCUT2D eigenvalue weighted by molar-refractivity contribution is -0.127. The number of nitrogens with one attached hydrogen (secondary N) is 1. The normalized spacial score (nSPS) is 23.8. The summed E-state index contributed by atoms with van der Waals surface area (Å²) < 4.78 is 23.0. The third-order valence-electron chi connectivity index (χ3n) is 4.18. The smallest absolute Gasteiger partial charge is 0.223 e. The lowest BCUT2D eigenvalue weighted by atomic mass is 9.78. The van der Waals surface area contributed by atoms with Gasteiger partial charge in [-0.25, -0.2) is 8.42 Å². The van der Waals surface area contributed by atoms with E-state index in [1.807, 2.05) is 0 Å². The van der Waals surface area contributed by atoms with Gasteiger partial charge in [0.05, 0.1) is 5.75 Å². The molecule has 0 saturated carbocycles. The molecule has 2 fully saturated rings.